The molecule has 17 heavy (non-hydrogen) atoms. The molecule has 2 N–H and O–H groups in total. The van der Waals surface area contributed by atoms with E-state index in [-0.39, 0.29) is 24.8 Å². The molecule has 2 rings (SSSR count). The third-order valence-electron chi connectivity index (χ3n) is 3.65. The Morgan fingerprint density at radius 1 is 1.29 bits per heavy atom. The van der Waals surface area contributed by atoms with Crippen molar-refractivity contribution in [2.75, 3.05) is 13.1 Å². The summed E-state index contributed by atoms with van der Waals surface area (Å²) in [6, 6.07) is 0.117. The molecule has 0 aromatic heterocycles. The minimum absolute atomic E-state index is 0.0677. The Labute approximate surface area is 100 Å². The van der Waals surface area contributed by atoms with Crippen LogP contribution in [-0.2, 0) is 4.79 Å². The third-order valence-corrected chi connectivity index (χ3v) is 3.65. The van der Waals surface area contributed by atoms with E-state index in [1.54, 1.807) is 0 Å². The molecule has 0 radical (unpaired) electrons. The highest BCUT2D eigenvalue weighted by atomic mass is 19.3. The second-order valence-corrected chi connectivity index (χ2v) is 5.20. The second-order valence-electron chi connectivity index (χ2n) is 5.20. The van der Waals surface area contributed by atoms with Crippen molar-refractivity contribution in [2.45, 2.75) is 50.5 Å². The Morgan fingerprint density at radius 2 is 2.12 bits per heavy atom. The average molecular weight is 246 g/mol. The van der Waals surface area contributed by atoms with Gasteiger partial charge in [0.25, 0.3) is 0 Å². The summed E-state index contributed by atoms with van der Waals surface area (Å²) in [6.45, 7) is 1.74. The molecule has 2 aliphatic rings. The van der Waals surface area contributed by atoms with Crippen LogP contribution in [0, 0.1) is 5.92 Å². The van der Waals surface area contributed by atoms with Crippen LogP contribution in [0.5, 0.6) is 0 Å². The van der Waals surface area contributed by atoms with Crippen LogP contribution in [0.4, 0.5) is 8.78 Å². The van der Waals surface area contributed by atoms with Gasteiger partial charge in [0.2, 0.25) is 11.8 Å². The summed E-state index contributed by atoms with van der Waals surface area (Å²) in [5.74, 6) is -3.33. The van der Waals surface area contributed by atoms with Crippen LogP contribution in [0.25, 0.3) is 0 Å². The number of rotatable bonds is 2. The van der Waals surface area contributed by atoms with Crippen LogP contribution in [0.15, 0.2) is 0 Å². The second kappa shape index (κ2) is 5.29. The highest BCUT2D eigenvalue weighted by Crippen LogP contribution is 2.36. The zero-order valence-corrected chi connectivity index (χ0v) is 9.98. The van der Waals surface area contributed by atoms with E-state index in [0.29, 0.717) is 12.8 Å². The lowest BCUT2D eigenvalue weighted by Crippen LogP contribution is -2.48. The maximum atomic E-state index is 13.2. The standard InChI is InChI=1S/C12H20F2N2O/c13-12(14)5-1-3-9(7-12)11(17)16-10-4-2-6-15-8-10/h9-10,15H,1-8H2,(H,16,17)/t9?,10-/m1/s1. The fourth-order valence-corrected chi connectivity index (χ4v) is 2.69. The van der Waals surface area contributed by atoms with E-state index in [1.165, 1.54) is 0 Å². The molecule has 1 heterocycles. The summed E-state index contributed by atoms with van der Waals surface area (Å²) < 4.78 is 26.4. The number of carbonyl (C=O) groups is 1. The first-order valence-electron chi connectivity index (χ1n) is 6.46. The minimum Gasteiger partial charge on any atom is -0.352 e. The van der Waals surface area contributed by atoms with Gasteiger partial charge in [0.1, 0.15) is 0 Å². The van der Waals surface area contributed by atoms with Crippen LogP contribution in [-0.4, -0.2) is 31.0 Å². The van der Waals surface area contributed by atoms with Crippen molar-refractivity contribution in [1.29, 1.82) is 0 Å². The van der Waals surface area contributed by atoms with Crippen molar-refractivity contribution in [3.8, 4) is 0 Å². The lowest BCUT2D eigenvalue weighted by atomic mass is 9.85. The summed E-state index contributed by atoms with van der Waals surface area (Å²) >= 11 is 0. The van der Waals surface area contributed by atoms with Gasteiger partial charge in [-0.05, 0) is 32.2 Å². The fourth-order valence-electron chi connectivity index (χ4n) is 2.69. The first kappa shape index (κ1) is 12.7. The van der Waals surface area contributed by atoms with Crippen molar-refractivity contribution < 1.29 is 13.6 Å². The molecular weight excluding hydrogens is 226 g/mol. The van der Waals surface area contributed by atoms with Gasteiger partial charge >= 0.3 is 0 Å². The summed E-state index contributed by atoms with van der Waals surface area (Å²) in [5, 5.41) is 6.09. The van der Waals surface area contributed by atoms with Crippen LogP contribution in [0.2, 0.25) is 0 Å². The van der Waals surface area contributed by atoms with Crippen LogP contribution >= 0.6 is 0 Å². The Bertz CT molecular complexity index is 278. The number of nitrogens with one attached hydrogen (secondary N) is 2. The molecule has 0 aromatic rings. The monoisotopic (exact) mass is 246 g/mol. The van der Waals surface area contributed by atoms with Gasteiger partial charge in [-0.2, -0.15) is 0 Å². The number of piperidine rings is 1. The van der Waals surface area contributed by atoms with Crippen molar-refractivity contribution >= 4 is 5.91 Å². The lowest BCUT2D eigenvalue weighted by Gasteiger charge is -2.30. The van der Waals surface area contributed by atoms with Crippen molar-refractivity contribution in [1.82, 2.24) is 10.6 Å². The topological polar surface area (TPSA) is 41.1 Å². The predicted octanol–water partition coefficient (Wildman–Crippen LogP) is 1.68. The molecular formula is C12H20F2N2O. The Morgan fingerprint density at radius 3 is 2.76 bits per heavy atom. The molecule has 3 nitrogen and oxygen atoms in total. The van der Waals surface area contributed by atoms with Gasteiger partial charge in [0.15, 0.2) is 0 Å². The van der Waals surface area contributed by atoms with E-state index in [2.05, 4.69) is 10.6 Å². The normalized spacial score (nSPS) is 33.1. The first-order valence-corrected chi connectivity index (χ1v) is 6.46. The van der Waals surface area contributed by atoms with Crippen LogP contribution in [0.1, 0.15) is 38.5 Å². The molecule has 0 spiro atoms. The van der Waals surface area contributed by atoms with E-state index in [9.17, 15) is 13.6 Å². The first-order chi connectivity index (χ1) is 8.07. The average Bonchev–Trinajstić information content (AvgIpc) is 2.29. The number of alkyl halides is 2. The summed E-state index contributed by atoms with van der Waals surface area (Å²) in [6.07, 6.45) is 2.68. The van der Waals surface area contributed by atoms with Gasteiger partial charge in [-0.1, -0.05) is 0 Å². The molecule has 5 heteroatoms. The third kappa shape index (κ3) is 3.63. The molecule has 1 amide bonds. The molecule has 0 bridgehead atoms. The molecule has 1 saturated carbocycles. The van der Waals surface area contributed by atoms with Crippen LogP contribution in [0.3, 0.4) is 0 Å². The molecule has 98 valence electrons. The van der Waals surface area contributed by atoms with Crippen LogP contribution < -0.4 is 10.6 Å². The van der Waals surface area contributed by atoms with Crippen molar-refractivity contribution in [2.24, 2.45) is 5.92 Å². The predicted molar refractivity (Wildman–Crippen MR) is 60.9 cm³/mol. The Balaban J connectivity index is 1.82. The zero-order chi connectivity index (χ0) is 12.3. The molecule has 1 aliphatic carbocycles. The van der Waals surface area contributed by atoms with Gasteiger partial charge < -0.3 is 10.6 Å². The quantitative estimate of drug-likeness (QED) is 0.778. The van der Waals surface area contributed by atoms with Crippen molar-refractivity contribution in [3.63, 3.8) is 0 Å². The van der Waals surface area contributed by atoms with Gasteiger partial charge in [0.05, 0.1) is 0 Å². The van der Waals surface area contributed by atoms with E-state index in [4.69, 9.17) is 0 Å². The SMILES string of the molecule is O=C(N[C@@H]1CCCNC1)C1CCCC(F)(F)C1. The smallest absolute Gasteiger partial charge is 0.248 e. The van der Waals surface area contributed by atoms with E-state index in [1.807, 2.05) is 0 Å². The molecule has 1 unspecified atom stereocenters. The number of halogens is 2. The maximum absolute atomic E-state index is 13.2. The molecule has 1 saturated heterocycles. The summed E-state index contributed by atoms with van der Waals surface area (Å²) in [5.41, 5.74) is 0. The molecule has 0 aromatic carbocycles. The Hall–Kier alpha value is -0.710. The summed E-state index contributed by atoms with van der Waals surface area (Å²) in [4.78, 5) is 11.9. The number of hydrogen-bond acceptors (Lipinski definition) is 2. The molecule has 2 fully saturated rings. The number of hydrogen-bond donors (Lipinski definition) is 2. The van der Waals surface area contributed by atoms with Gasteiger partial charge in [-0.3, -0.25) is 4.79 Å². The van der Waals surface area contributed by atoms with E-state index in [0.717, 1.165) is 25.9 Å². The highest BCUT2D eigenvalue weighted by Gasteiger charge is 2.39. The molecule has 1 aliphatic heterocycles. The number of carbonyl (C=O) groups excluding carboxylic acids is 1. The van der Waals surface area contributed by atoms with E-state index < -0.39 is 11.8 Å². The van der Waals surface area contributed by atoms with Gasteiger partial charge in [0, 0.05) is 31.3 Å². The van der Waals surface area contributed by atoms with Gasteiger partial charge in [-0.25, -0.2) is 8.78 Å². The largest absolute Gasteiger partial charge is 0.352 e. The number of amides is 1. The lowest BCUT2D eigenvalue weighted by molar-refractivity contribution is -0.133. The van der Waals surface area contributed by atoms with Gasteiger partial charge in [-0.15, -0.1) is 0 Å². The minimum atomic E-state index is -2.65. The summed E-state index contributed by atoms with van der Waals surface area (Å²) in [7, 11) is 0. The Kier molecular flexibility index (Phi) is 3.97. The maximum Gasteiger partial charge on any atom is 0.248 e. The van der Waals surface area contributed by atoms with E-state index >= 15 is 0 Å². The molecule has 2 atom stereocenters. The van der Waals surface area contributed by atoms with Crippen molar-refractivity contribution in [3.05, 3.63) is 0 Å². The fraction of sp³-hybridized carbons (Fsp3) is 0.917. The highest BCUT2D eigenvalue weighted by molar-refractivity contribution is 5.79. The zero-order valence-electron chi connectivity index (χ0n) is 9.98.